The van der Waals surface area contributed by atoms with E-state index in [0.29, 0.717) is 130 Å². The highest BCUT2D eigenvalue weighted by Crippen LogP contribution is 2.46. The Morgan fingerprint density at radius 2 is 0.635 bits per heavy atom. The summed E-state index contributed by atoms with van der Waals surface area (Å²) >= 11 is 0. The molecule has 0 unspecified atom stereocenters. The van der Waals surface area contributed by atoms with Gasteiger partial charge in [-0.15, -0.1) is 0 Å². The van der Waals surface area contributed by atoms with Gasteiger partial charge in [0, 0.05) is 138 Å². The number of fused-ring (bicyclic) bond motifs is 12. The molecular formula is C113H94N4O20. The molecule has 24 heteroatoms. The van der Waals surface area contributed by atoms with Crippen LogP contribution in [0.25, 0.3) is 132 Å². The third kappa shape index (κ3) is 18.9. The lowest BCUT2D eigenvalue weighted by Gasteiger charge is -2.32. The van der Waals surface area contributed by atoms with Gasteiger partial charge in [0.25, 0.3) is 5.78 Å². The van der Waals surface area contributed by atoms with Gasteiger partial charge in [0.2, 0.25) is 17.3 Å². The lowest BCUT2D eigenvalue weighted by atomic mass is 9.96. The Balaban J connectivity index is 0.000000119. The molecule has 0 amide bonds. The highest BCUT2D eigenvalue weighted by molar-refractivity contribution is 6.24. The Kier molecular flexibility index (Phi) is 26.0. The SMILES string of the molecule is Cc1cc(=O)oc2c1ccc1oc(C(=O)c3cccc(OCCCCN4CCN(C)CC4)c3)c(-c3ccccc3)c12.Cc1cc(=O)oc2c1ccc1oc(C(=O)c3cccc(OCCCN4CCN(C)CC4)c3)c(-c3ccccc3)c12.Cc1cc(=O)oc2c1ccc1oc(C(=O)c3ccco3)c(-c3ccccc3)c12.Cc1cc(=O)oc2c1ccc1oc(C(=O)c3ccoc3)c(-c3ccccc3)c12. The Morgan fingerprint density at radius 3 is 0.964 bits per heavy atom. The third-order valence-electron chi connectivity index (χ3n) is 25.1. The molecule has 12 heterocycles. The summed E-state index contributed by atoms with van der Waals surface area (Å²) < 4.78 is 69.2. The molecule has 0 aliphatic carbocycles. The highest BCUT2D eigenvalue weighted by Gasteiger charge is 2.33. The van der Waals surface area contributed by atoms with Gasteiger partial charge in [-0.3, -0.25) is 19.2 Å². The van der Waals surface area contributed by atoms with E-state index in [1.165, 1.54) is 43.1 Å². The van der Waals surface area contributed by atoms with Crippen molar-refractivity contribution >= 4 is 111 Å². The minimum absolute atomic E-state index is 0.146. The van der Waals surface area contributed by atoms with Gasteiger partial charge in [-0.2, -0.15) is 0 Å². The summed E-state index contributed by atoms with van der Waals surface area (Å²) in [6.45, 7) is 19.5. The van der Waals surface area contributed by atoms with Crippen LogP contribution in [0.2, 0.25) is 0 Å². The monoisotopic (exact) mass is 1830 g/mol. The standard InChI is InChI=1S/C34H34N2O5.C33H32N2O5.2C23H14O5/c1-23-21-29(37)41-33-27(23)13-14-28-31(33)30(24-9-4-3-5-10-24)34(40-28)32(38)25-11-8-12-26(22-25)39-20-7-6-15-36-18-16-35(2)17-19-36;1-22-20-28(36)40-32-26(22)12-13-27-30(32)29(23-8-4-3-5-9-23)33(39-27)31(37)24-10-6-11-25(21-24)38-19-7-14-35-17-15-34(2)16-18-35;1-13-12-18(24)28-22-15(13)9-10-16-20(22)19(14-6-3-2-4-7-14)23(27-16)21(25)17-8-5-11-26-17;1-13-11-18(24)28-22-16(13)7-8-17-20(22)19(14-5-3-2-4-6-14)23(27-17)21(25)15-9-10-26-12-15/h3-5,8-14,21-22H,6-7,15-20H2,1-2H3;3-6,8-13,20-21H,7,14-19H2,1-2H3;2*2-12H,1H3. The van der Waals surface area contributed by atoms with Crippen molar-refractivity contribution in [2.24, 2.45) is 0 Å². The van der Waals surface area contributed by atoms with Gasteiger partial charge in [-0.25, -0.2) is 19.2 Å². The lowest BCUT2D eigenvalue weighted by Crippen LogP contribution is -2.44. The second kappa shape index (κ2) is 39.6. The van der Waals surface area contributed by atoms with Gasteiger partial charge in [-0.1, -0.05) is 146 Å². The minimum Gasteiger partial charge on any atom is -0.494 e. The average Bonchev–Trinajstić information content (AvgIpc) is 1.60. The normalized spacial score (nSPS) is 13.3. The smallest absolute Gasteiger partial charge is 0.336 e. The molecule has 0 saturated carbocycles. The zero-order valence-corrected chi connectivity index (χ0v) is 76.1. The molecule has 0 atom stereocenters. The molecule has 20 aromatic rings. The fraction of sp³-hybridized carbons (Fsp3) is 0.186. The minimum atomic E-state index is -0.448. The quantitative estimate of drug-likeness (QED) is 0.0326. The number of ketones is 4. The van der Waals surface area contributed by atoms with E-state index in [4.69, 9.17) is 53.6 Å². The van der Waals surface area contributed by atoms with Crippen molar-refractivity contribution in [2.45, 2.75) is 47.0 Å². The number of nitrogens with zero attached hydrogens (tertiary/aromatic N) is 4. The summed E-state index contributed by atoms with van der Waals surface area (Å²) in [7, 11) is 4.33. The second-order valence-corrected chi connectivity index (χ2v) is 34.4. The van der Waals surface area contributed by atoms with Crippen molar-refractivity contribution in [3.63, 3.8) is 0 Å². The molecule has 0 bridgehead atoms. The van der Waals surface area contributed by atoms with Crippen LogP contribution in [0.15, 0.2) is 343 Å². The number of likely N-dealkylation sites (N-methyl/N-ethyl adjacent to an activating group) is 2. The van der Waals surface area contributed by atoms with E-state index in [9.17, 15) is 38.4 Å². The molecule has 0 spiro atoms. The number of aryl methyl sites for hydroxylation is 4. The van der Waals surface area contributed by atoms with Crippen molar-refractivity contribution in [3.8, 4) is 56.0 Å². The number of hydrogen-bond donors (Lipinski definition) is 0. The number of furan rings is 6. The van der Waals surface area contributed by atoms with Crippen LogP contribution < -0.4 is 32.0 Å². The molecule has 24 nitrogen and oxygen atoms in total. The van der Waals surface area contributed by atoms with Crippen LogP contribution in [0.3, 0.4) is 0 Å². The number of piperazine rings is 2. The first kappa shape index (κ1) is 90.1. The lowest BCUT2D eigenvalue weighted by molar-refractivity contribution is 0.0983. The third-order valence-corrected chi connectivity index (χ3v) is 25.1. The molecule has 0 N–H and O–H groups in total. The predicted octanol–water partition coefficient (Wildman–Crippen LogP) is 22.6. The molecule has 2 saturated heterocycles. The number of carbonyl (C=O) groups excluding carboxylic acids is 4. The maximum atomic E-state index is 14.0. The van der Waals surface area contributed by atoms with E-state index in [1.807, 2.05) is 210 Å². The van der Waals surface area contributed by atoms with E-state index in [-0.39, 0.29) is 51.9 Å². The predicted molar refractivity (Wildman–Crippen MR) is 526 cm³/mol. The Hall–Kier alpha value is -16.1. The molecule has 137 heavy (non-hydrogen) atoms. The van der Waals surface area contributed by atoms with Crippen LogP contribution in [-0.2, 0) is 0 Å². The van der Waals surface area contributed by atoms with Crippen LogP contribution in [0.5, 0.6) is 11.5 Å². The summed E-state index contributed by atoms with van der Waals surface area (Å²) in [5, 5.41) is 5.63. The van der Waals surface area contributed by atoms with Crippen LogP contribution in [0.4, 0.5) is 0 Å². The summed E-state index contributed by atoms with van der Waals surface area (Å²) in [6, 6.07) is 77.8. The topological polar surface area (TPSA) is 299 Å². The summed E-state index contributed by atoms with van der Waals surface area (Å²) in [4.78, 5) is 112. The number of ether oxygens (including phenoxy) is 2. The molecule has 0 radical (unpaired) electrons. The summed E-state index contributed by atoms with van der Waals surface area (Å²) in [5.41, 5.74) is 11.9. The van der Waals surface area contributed by atoms with Gasteiger partial charge in [0.15, 0.2) is 28.8 Å². The fourth-order valence-electron chi connectivity index (χ4n) is 18.0. The Bertz CT molecular complexity index is 7940. The van der Waals surface area contributed by atoms with Gasteiger partial charge in [0.05, 0.1) is 52.8 Å². The van der Waals surface area contributed by atoms with Crippen LogP contribution in [0, 0.1) is 27.7 Å². The number of benzene rings is 10. The van der Waals surface area contributed by atoms with E-state index in [0.717, 1.165) is 151 Å². The first-order valence-electron chi connectivity index (χ1n) is 45.5. The van der Waals surface area contributed by atoms with E-state index in [1.54, 1.807) is 54.6 Å². The number of carbonyl (C=O) groups is 4. The first-order chi connectivity index (χ1) is 66.7. The van der Waals surface area contributed by atoms with E-state index in [2.05, 4.69) is 33.7 Å². The van der Waals surface area contributed by atoms with Gasteiger partial charge in [-0.05, 0) is 203 Å². The van der Waals surface area contributed by atoms with Crippen LogP contribution in [-0.4, -0.2) is 135 Å². The maximum absolute atomic E-state index is 14.0. The molecule has 2 aliphatic rings. The van der Waals surface area contributed by atoms with E-state index >= 15 is 0 Å². The summed E-state index contributed by atoms with van der Waals surface area (Å²) in [5.74, 6) is 1.01. The fourth-order valence-corrected chi connectivity index (χ4v) is 18.0. The molecule has 686 valence electrons. The average molecular weight is 1830 g/mol. The zero-order valence-electron chi connectivity index (χ0n) is 76.1. The van der Waals surface area contributed by atoms with Crippen molar-refractivity contribution in [3.05, 3.63) is 389 Å². The number of rotatable bonds is 23. The Labute approximate surface area is 783 Å². The molecular weight excluding hydrogens is 1730 g/mol. The van der Waals surface area contributed by atoms with Gasteiger partial charge < -0.3 is 73.2 Å². The number of hydrogen-bond acceptors (Lipinski definition) is 24. The van der Waals surface area contributed by atoms with Crippen molar-refractivity contribution < 1.29 is 72.8 Å². The Morgan fingerprint density at radius 1 is 0.307 bits per heavy atom. The van der Waals surface area contributed by atoms with Gasteiger partial charge in [0.1, 0.15) is 62.4 Å². The molecule has 22 rings (SSSR count). The van der Waals surface area contributed by atoms with Crippen LogP contribution >= 0.6 is 0 Å². The molecule has 10 aromatic carbocycles. The number of unbranched alkanes of at least 4 members (excludes halogenated alkanes) is 1. The van der Waals surface area contributed by atoms with Crippen molar-refractivity contribution in [2.75, 3.05) is 92.8 Å². The summed E-state index contributed by atoms with van der Waals surface area (Å²) in [6.07, 6.45) is 7.20. The molecule has 10 aromatic heterocycles. The molecule has 2 fully saturated rings. The first-order valence-corrected chi connectivity index (χ1v) is 45.5. The maximum Gasteiger partial charge on any atom is 0.336 e. The zero-order chi connectivity index (χ0) is 94.5. The van der Waals surface area contributed by atoms with Crippen molar-refractivity contribution in [1.29, 1.82) is 0 Å². The highest BCUT2D eigenvalue weighted by atomic mass is 16.5. The van der Waals surface area contributed by atoms with Crippen LogP contribution in [0.1, 0.15) is 106 Å². The second-order valence-electron chi connectivity index (χ2n) is 34.4. The largest absolute Gasteiger partial charge is 0.494 e. The molecule has 2 aliphatic heterocycles. The van der Waals surface area contributed by atoms with Crippen molar-refractivity contribution in [1.82, 2.24) is 19.6 Å². The van der Waals surface area contributed by atoms with Gasteiger partial charge >= 0.3 is 22.5 Å². The van der Waals surface area contributed by atoms with E-state index < -0.39 is 22.5 Å².